The van der Waals surface area contributed by atoms with Crippen LogP contribution in [0.1, 0.15) is 41.4 Å². The Balaban J connectivity index is 1.52. The summed E-state index contributed by atoms with van der Waals surface area (Å²) in [4.78, 5) is 7.94. The van der Waals surface area contributed by atoms with Gasteiger partial charge < -0.3 is 10.3 Å². The topological polar surface area (TPSA) is 58.5 Å². The molecule has 5 heteroatoms. The highest BCUT2D eigenvalue weighted by atomic mass is 15.3. The summed E-state index contributed by atoms with van der Waals surface area (Å²) in [5.74, 6) is 1.59. The van der Waals surface area contributed by atoms with Crippen LogP contribution in [0.3, 0.4) is 0 Å². The molecule has 2 aromatic heterocycles. The van der Waals surface area contributed by atoms with Crippen LogP contribution in [0, 0.1) is 13.8 Å². The Kier molecular flexibility index (Phi) is 3.63. The predicted octanol–water partition coefficient (Wildman–Crippen LogP) is 3.92. The summed E-state index contributed by atoms with van der Waals surface area (Å²) in [5, 5.41) is 8.16. The number of rotatable bonds is 5. The van der Waals surface area contributed by atoms with Crippen molar-refractivity contribution in [2.75, 3.05) is 5.32 Å². The Labute approximate surface area is 142 Å². The second-order valence-electron chi connectivity index (χ2n) is 6.72. The van der Waals surface area contributed by atoms with E-state index in [1.54, 1.807) is 0 Å². The van der Waals surface area contributed by atoms with Crippen molar-refractivity contribution in [3.05, 3.63) is 53.1 Å². The van der Waals surface area contributed by atoms with Crippen molar-refractivity contribution < 1.29 is 0 Å². The number of imidazole rings is 1. The highest BCUT2D eigenvalue weighted by molar-refractivity contribution is 5.63. The highest BCUT2D eigenvalue weighted by Gasteiger charge is 2.28. The molecule has 4 rings (SSSR count). The van der Waals surface area contributed by atoms with Gasteiger partial charge in [0, 0.05) is 48.2 Å². The molecule has 1 aromatic carbocycles. The number of hydrogen-bond donors (Lipinski definition) is 2. The van der Waals surface area contributed by atoms with E-state index in [1.165, 1.54) is 24.1 Å². The maximum absolute atomic E-state index is 4.62. The standard InChI is InChI=1S/C19H23N5/c1-12-13(2)22-19(21-12)15-5-4-6-17(9-15)20-10-16-11-24(3)23-18(16)14-7-8-14/h4-6,9,11,14,20H,7-8,10H2,1-3H3,(H,21,22). The van der Waals surface area contributed by atoms with Crippen LogP contribution in [0.5, 0.6) is 0 Å². The molecule has 0 unspecified atom stereocenters. The number of nitrogens with zero attached hydrogens (tertiary/aromatic N) is 3. The van der Waals surface area contributed by atoms with Crippen LogP contribution in [0.25, 0.3) is 11.4 Å². The van der Waals surface area contributed by atoms with Gasteiger partial charge in [0.1, 0.15) is 5.82 Å². The third kappa shape index (κ3) is 2.94. The number of aromatic nitrogens is 4. The van der Waals surface area contributed by atoms with E-state index in [2.05, 4.69) is 57.8 Å². The van der Waals surface area contributed by atoms with E-state index in [9.17, 15) is 0 Å². The smallest absolute Gasteiger partial charge is 0.137 e. The molecular weight excluding hydrogens is 298 g/mol. The summed E-state index contributed by atoms with van der Waals surface area (Å²) in [7, 11) is 2.00. The van der Waals surface area contributed by atoms with Gasteiger partial charge in [0.25, 0.3) is 0 Å². The Hall–Kier alpha value is -2.56. The first-order valence-corrected chi connectivity index (χ1v) is 8.50. The van der Waals surface area contributed by atoms with Crippen LogP contribution in [0.15, 0.2) is 30.5 Å². The van der Waals surface area contributed by atoms with Crippen molar-refractivity contribution in [1.29, 1.82) is 0 Å². The van der Waals surface area contributed by atoms with Gasteiger partial charge in [0.15, 0.2) is 0 Å². The van der Waals surface area contributed by atoms with Crippen molar-refractivity contribution in [3.8, 4) is 11.4 Å². The van der Waals surface area contributed by atoms with E-state index in [0.717, 1.165) is 35.0 Å². The largest absolute Gasteiger partial charge is 0.381 e. The molecule has 0 aliphatic heterocycles. The van der Waals surface area contributed by atoms with Crippen LogP contribution < -0.4 is 5.32 Å². The van der Waals surface area contributed by atoms with Crippen molar-refractivity contribution in [1.82, 2.24) is 19.7 Å². The van der Waals surface area contributed by atoms with Gasteiger partial charge in [0.2, 0.25) is 0 Å². The van der Waals surface area contributed by atoms with E-state index in [-0.39, 0.29) is 0 Å². The minimum absolute atomic E-state index is 0.670. The number of aromatic amines is 1. The molecular formula is C19H23N5. The number of H-pyrrole nitrogens is 1. The minimum atomic E-state index is 0.670. The minimum Gasteiger partial charge on any atom is -0.381 e. The fourth-order valence-corrected chi connectivity index (χ4v) is 3.05. The predicted molar refractivity (Wildman–Crippen MR) is 96.0 cm³/mol. The molecule has 2 heterocycles. The van der Waals surface area contributed by atoms with Crippen LogP contribution in [0.2, 0.25) is 0 Å². The summed E-state index contributed by atoms with van der Waals surface area (Å²) in [6, 6.07) is 8.39. The van der Waals surface area contributed by atoms with Gasteiger partial charge >= 0.3 is 0 Å². The molecule has 0 bridgehead atoms. The third-order valence-corrected chi connectivity index (χ3v) is 4.65. The van der Waals surface area contributed by atoms with Gasteiger partial charge in [0.05, 0.1) is 11.4 Å². The summed E-state index contributed by atoms with van der Waals surface area (Å²) in [6.45, 7) is 4.88. The number of benzene rings is 1. The van der Waals surface area contributed by atoms with Gasteiger partial charge in [-0.15, -0.1) is 0 Å². The van der Waals surface area contributed by atoms with E-state index in [4.69, 9.17) is 0 Å². The Bertz CT molecular complexity index is 850. The lowest BCUT2D eigenvalue weighted by molar-refractivity contribution is 0.744. The molecule has 1 aliphatic rings. The Morgan fingerprint density at radius 2 is 2.12 bits per heavy atom. The Morgan fingerprint density at radius 1 is 1.29 bits per heavy atom. The van der Waals surface area contributed by atoms with E-state index >= 15 is 0 Å². The van der Waals surface area contributed by atoms with Crippen molar-refractivity contribution in [3.63, 3.8) is 0 Å². The molecule has 0 atom stereocenters. The van der Waals surface area contributed by atoms with Crippen LogP contribution >= 0.6 is 0 Å². The van der Waals surface area contributed by atoms with Crippen molar-refractivity contribution >= 4 is 5.69 Å². The second kappa shape index (κ2) is 5.82. The molecule has 3 aromatic rings. The van der Waals surface area contributed by atoms with Crippen molar-refractivity contribution in [2.45, 2.75) is 39.2 Å². The quantitative estimate of drug-likeness (QED) is 0.749. The van der Waals surface area contributed by atoms with E-state index < -0.39 is 0 Å². The summed E-state index contributed by atoms with van der Waals surface area (Å²) in [5.41, 5.74) is 6.93. The van der Waals surface area contributed by atoms with Gasteiger partial charge in [-0.2, -0.15) is 5.10 Å². The lowest BCUT2D eigenvalue weighted by Gasteiger charge is -2.08. The summed E-state index contributed by atoms with van der Waals surface area (Å²) >= 11 is 0. The molecule has 1 saturated carbocycles. The SMILES string of the molecule is Cc1nc(-c2cccc(NCc3cn(C)nc3C3CC3)c2)[nH]c1C. The molecule has 5 nitrogen and oxygen atoms in total. The Morgan fingerprint density at radius 3 is 2.83 bits per heavy atom. The van der Waals surface area contributed by atoms with Crippen molar-refractivity contribution in [2.24, 2.45) is 7.05 Å². The highest BCUT2D eigenvalue weighted by Crippen LogP contribution is 2.40. The molecule has 0 radical (unpaired) electrons. The average Bonchev–Trinajstić information content (AvgIpc) is 3.27. The fourth-order valence-electron chi connectivity index (χ4n) is 3.05. The molecule has 24 heavy (non-hydrogen) atoms. The summed E-state index contributed by atoms with van der Waals surface area (Å²) in [6.07, 6.45) is 4.68. The number of nitrogens with one attached hydrogen (secondary N) is 2. The molecule has 124 valence electrons. The first-order valence-electron chi connectivity index (χ1n) is 8.50. The lowest BCUT2D eigenvalue weighted by Crippen LogP contribution is -2.01. The molecule has 0 spiro atoms. The zero-order valence-electron chi connectivity index (χ0n) is 14.4. The van der Waals surface area contributed by atoms with Gasteiger partial charge in [-0.3, -0.25) is 4.68 Å². The monoisotopic (exact) mass is 321 g/mol. The average molecular weight is 321 g/mol. The second-order valence-corrected chi connectivity index (χ2v) is 6.72. The first-order chi connectivity index (χ1) is 11.6. The number of aryl methyl sites for hydroxylation is 3. The zero-order valence-corrected chi connectivity index (χ0v) is 14.4. The maximum atomic E-state index is 4.62. The first kappa shape index (κ1) is 15.0. The molecule has 0 amide bonds. The van der Waals surface area contributed by atoms with Crippen LogP contribution in [0.4, 0.5) is 5.69 Å². The van der Waals surface area contributed by atoms with Crippen LogP contribution in [-0.4, -0.2) is 19.7 Å². The van der Waals surface area contributed by atoms with Crippen LogP contribution in [-0.2, 0) is 13.6 Å². The van der Waals surface area contributed by atoms with Gasteiger partial charge in [-0.05, 0) is 38.8 Å². The molecule has 2 N–H and O–H groups in total. The van der Waals surface area contributed by atoms with Gasteiger partial charge in [-0.25, -0.2) is 4.98 Å². The number of hydrogen-bond acceptors (Lipinski definition) is 3. The normalized spacial score (nSPS) is 14.1. The summed E-state index contributed by atoms with van der Waals surface area (Å²) < 4.78 is 1.93. The van der Waals surface area contributed by atoms with Gasteiger partial charge in [-0.1, -0.05) is 12.1 Å². The lowest BCUT2D eigenvalue weighted by atomic mass is 10.1. The molecule has 1 aliphatic carbocycles. The van der Waals surface area contributed by atoms with E-state index in [0.29, 0.717) is 5.92 Å². The maximum Gasteiger partial charge on any atom is 0.137 e. The third-order valence-electron chi connectivity index (χ3n) is 4.65. The van der Waals surface area contributed by atoms with E-state index in [1.807, 2.05) is 18.7 Å². The number of anilines is 1. The zero-order chi connectivity index (χ0) is 16.7. The molecule has 1 fully saturated rings. The fraction of sp³-hybridized carbons (Fsp3) is 0.368. The molecule has 0 saturated heterocycles.